The highest BCUT2D eigenvalue weighted by Crippen LogP contribution is 2.17. The third-order valence-electron chi connectivity index (χ3n) is 1.03. The Kier molecular flexibility index (Phi) is 0.643. The molecule has 0 fully saturated rings. The average molecular weight is 100 g/mol. The van der Waals surface area contributed by atoms with Gasteiger partial charge in [-0.3, -0.25) is 0 Å². The fourth-order valence-electron chi connectivity index (χ4n) is 0.215. The van der Waals surface area contributed by atoms with E-state index >= 15 is 0 Å². The lowest BCUT2D eigenvalue weighted by Gasteiger charge is -1.84. The Bertz CT molecular complexity index is 186. The molecular weight excluding hydrogens is 92.1 g/mol. The first-order valence-corrected chi connectivity index (χ1v) is 4.27. The molecule has 0 saturated heterocycles. The zero-order chi connectivity index (χ0) is 4.62. The van der Waals surface area contributed by atoms with Gasteiger partial charge in [0.2, 0.25) is 0 Å². The molecule has 6 heavy (non-hydrogen) atoms. The van der Waals surface area contributed by atoms with E-state index in [9.17, 15) is 0 Å². The van der Waals surface area contributed by atoms with E-state index in [-0.39, 0.29) is 0 Å². The minimum Gasteiger partial charge on any atom is -0.114 e. The molecule has 34 valence electrons. The lowest BCUT2D eigenvalue weighted by molar-refractivity contribution is 1.53. The van der Waals surface area contributed by atoms with Gasteiger partial charge in [-0.1, -0.05) is 6.92 Å². The van der Waals surface area contributed by atoms with Crippen LogP contribution in [-0.4, -0.2) is 22.1 Å². The largest absolute Gasteiger partial charge is 0.114 e. The van der Waals surface area contributed by atoms with E-state index in [1.165, 1.54) is 5.75 Å². The van der Waals surface area contributed by atoms with Crippen LogP contribution in [0.2, 0.25) is 0 Å². The van der Waals surface area contributed by atoms with Crippen LogP contribution >= 0.6 is 9.21 Å². The van der Waals surface area contributed by atoms with E-state index in [0.717, 1.165) is 0 Å². The quantitative estimate of drug-likeness (QED) is 0.428. The second kappa shape index (κ2) is 0.946. The van der Waals surface area contributed by atoms with Crippen LogP contribution in [0.3, 0.4) is 0 Å². The minimum atomic E-state index is -0.412. The highest BCUT2D eigenvalue weighted by molar-refractivity contribution is 8.34. The molecule has 1 rings (SSSR count). The molecule has 0 atom stereocenters. The molecule has 0 bridgehead atoms. The first-order valence-electron chi connectivity index (χ1n) is 2.06. The molecular formula is C5H8S. The number of rotatable bonds is 1. The van der Waals surface area contributed by atoms with Crippen molar-refractivity contribution >= 4 is 19.3 Å². The Morgan fingerprint density at radius 3 is 2.00 bits per heavy atom. The van der Waals surface area contributed by atoms with Crippen LogP contribution in [0.1, 0.15) is 6.92 Å². The second-order valence-corrected chi connectivity index (χ2v) is 4.74. The fraction of sp³-hybridized carbons (Fsp3) is 0.600. The Morgan fingerprint density at radius 1 is 1.50 bits per heavy atom. The summed E-state index contributed by atoms with van der Waals surface area (Å²) in [6, 6.07) is 0. The zero-order valence-electron chi connectivity index (χ0n) is 4.12. The summed E-state index contributed by atoms with van der Waals surface area (Å²) in [4.78, 5) is 0. The molecule has 0 nitrogen and oxygen atoms in total. The van der Waals surface area contributed by atoms with E-state index in [4.69, 9.17) is 0 Å². The monoisotopic (exact) mass is 100 g/mol. The molecule has 0 radical (unpaired) electrons. The molecule has 0 N–H and O–H groups in total. The Hall–Kier alpha value is -0.0900. The lowest BCUT2D eigenvalue weighted by atomic mass is 11.0. The number of hydrogen-bond acceptors (Lipinski definition) is 0. The molecule has 0 saturated carbocycles. The van der Waals surface area contributed by atoms with Crippen molar-refractivity contribution < 1.29 is 0 Å². The summed E-state index contributed by atoms with van der Waals surface area (Å²) < 4.78 is 0. The van der Waals surface area contributed by atoms with Crippen LogP contribution < -0.4 is 0 Å². The normalized spacial score (nSPS) is 21.7. The predicted octanol–water partition coefficient (Wildman–Crippen LogP) is 0.813. The van der Waals surface area contributed by atoms with Gasteiger partial charge in [0.25, 0.3) is 0 Å². The SMILES string of the molecule is CCS1(C)=C=C=1. The lowest BCUT2D eigenvalue weighted by Crippen LogP contribution is -1.65. The van der Waals surface area contributed by atoms with E-state index in [2.05, 4.69) is 23.2 Å². The molecule has 0 spiro atoms. The van der Waals surface area contributed by atoms with Crippen molar-refractivity contribution in [3.05, 3.63) is 0 Å². The Morgan fingerprint density at radius 2 is 2.00 bits per heavy atom. The first kappa shape index (κ1) is 4.08. The van der Waals surface area contributed by atoms with E-state index in [0.29, 0.717) is 0 Å². The van der Waals surface area contributed by atoms with Crippen LogP contribution in [0.4, 0.5) is 0 Å². The van der Waals surface area contributed by atoms with Crippen LogP contribution in [0.15, 0.2) is 0 Å². The summed E-state index contributed by atoms with van der Waals surface area (Å²) in [6.45, 7) is 2.18. The van der Waals surface area contributed by atoms with Crippen molar-refractivity contribution in [1.29, 1.82) is 0 Å². The van der Waals surface area contributed by atoms with Gasteiger partial charge in [0, 0.05) is 0 Å². The maximum Gasteiger partial charge on any atom is -0.00490 e. The Balaban J connectivity index is 2.81. The van der Waals surface area contributed by atoms with Gasteiger partial charge in [0.05, 0.1) is 0 Å². The Labute approximate surface area is 39.0 Å². The standard InChI is InChI=1S/C5H8S/c1-3-6(2)4-5-6/h3H2,1-2H3. The van der Waals surface area contributed by atoms with E-state index in [1.807, 2.05) is 0 Å². The van der Waals surface area contributed by atoms with Crippen molar-refractivity contribution in [2.45, 2.75) is 6.92 Å². The maximum absolute atomic E-state index is 3.09. The molecule has 1 heteroatoms. The first-order chi connectivity index (χ1) is 2.77. The minimum absolute atomic E-state index is 0.412. The summed E-state index contributed by atoms with van der Waals surface area (Å²) in [7, 11) is -0.412. The van der Waals surface area contributed by atoms with Gasteiger partial charge in [0.15, 0.2) is 0 Å². The molecule has 0 aromatic heterocycles. The highest BCUT2D eigenvalue weighted by Gasteiger charge is 1.92. The van der Waals surface area contributed by atoms with Gasteiger partial charge in [-0.2, -0.15) is 0 Å². The van der Waals surface area contributed by atoms with Crippen molar-refractivity contribution in [2.24, 2.45) is 0 Å². The van der Waals surface area contributed by atoms with Crippen molar-refractivity contribution in [2.75, 3.05) is 12.0 Å². The second-order valence-electron chi connectivity index (χ2n) is 1.58. The number of hydrogen-bond donors (Lipinski definition) is 0. The van der Waals surface area contributed by atoms with Gasteiger partial charge in [-0.05, 0) is 22.1 Å². The van der Waals surface area contributed by atoms with Crippen LogP contribution in [0.25, 0.3) is 0 Å². The summed E-state index contributed by atoms with van der Waals surface area (Å²) in [5, 5.41) is 6.19. The molecule has 0 unspecified atom stereocenters. The topological polar surface area (TPSA) is 0 Å². The van der Waals surface area contributed by atoms with Crippen molar-refractivity contribution in [3.8, 4) is 0 Å². The fourth-order valence-corrected chi connectivity index (χ4v) is 1.07. The smallest absolute Gasteiger partial charge is 0.00490 e. The average Bonchev–Trinajstić information content (AvgIpc) is 2.22. The molecule has 0 aliphatic carbocycles. The van der Waals surface area contributed by atoms with Gasteiger partial charge < -0.3 is 0 Å². The molecule has 0 aromatic rings. The highest BCUT2D eigenvalue weighted by atomic mass is 32.2. The summed E-state index contributed by atoms with van der Waals surface area (Å²) in [5.41, 5.74) is 0. The molecule has 0 aromatic carbocycles. The van der Waals surface area contributed by atoms with Crippen molar-refractivity contribution in [1.82, 2.24) is 0 Å². The summed E-state index contributed by atoms with van der Waals surface area (Å²) >= 11 is 0. The third-order valence-corrected chi connectivity index (χ3v) is 3.08. The van der Waals surface area contributed by atoms with Crippen LogP contribution in [0.5, 0.6) is 0 Å². The maximum atomic E-state index is 3.09. The van der Waals surface area contributed by atoms with Crippen LogP contribution in [-0.2, 0) is 0 Å². The predicted molar refractivity (Wildman–Crippen MR) is 34.1 cm³/mol. The van der Waals surface area contributed by atoms with E-state index in [1.54, 1.807) is 0 Å². The van der Waals surface area contributed by atoms with Gasteiger partial charge in [0.1, 0.15) is 0 Å². The van der Waals surface area contributed by atoms with Crippen molar-refractivity contribution in [3.63, 3.8) is 0 Å². The van der Waals surface area contributed by atoms with Gasteiger partial charge in [-0.25, -0.2) is 0 Å². The molecule has 1 aliphatic heterocycles. The molecule has 1 heterocycles. The summed E-state index contributed by atoms with van der Waals surface area (Å²) in [6.07, 6.45) is 2.22. The molecule has 1 aliphatic rings. The van der Waals surface area contributed by atoms with Crippen LogP contribution in [0, 0.1) is 0 Å². The van der Waals surface area contributed by atoms with Gasteiger partial charge in [-0.15, -0.1) is 9.21 Å². The van der Waals surface area contributed by atoms with Gasteiger partial charge >= 0.3 is 0 Å². The van der Waals surface area contributed by atoms with E-state index < -0.39 is 9.21 Å². The summed E-state index contributed by atoms with van der Waals surface area (Å²) in [5.74, 6) is 1.24. The third kappa shape index (κ3) is 0.529. The molecule has 0 amide bonds. The zero-order valence-corrected chi connectivity index (χ0v) is 4.93.